The largest absolute Gasteiger partial charge is 0.399 e. The highest BCUT2D eigenvalue weighted by Crippen LogP contribution is 2.32. The molecule has 1 saturated carbocycles. The summed E-state index contributed by atoms with van der Waals surface area (Å²) in [4.78, 5) is 9.60. The average Bonchev–Trinajstić information content (AvgIpc) is 3.32. The number of sulfonamides is 1. The second-order valence-electron chi connectivity index (χ2n) is 10.9. The van der Waals surface area contributed by atoms with E-state index >= 15 is 0 Å². The Morgan fingerprint density at radius 3 is 2.46 bits per heavy atom. The summed E-state index contributed by atoms with van der Waals surface area (Å²) >= 11 is 0. The van der Waals surface area contributed by atoms with Crippen molar-refractivity contribution in [1.82, 2.24) is 19.3 Å². The van der Waals surface area contributed by atoms with E-state index in [0.717, 1.165) is 53.9 Å². The number of oxime groups is 1. The Kier molecular flexibility index (Phi) is 7.42. The van der Waals surface area contributed by atoms with Crippen LogP contribution < -0.4 is 10.0 Å². The van der Waals surface area contributed by atoms with Crippen LogP contribution in [-0.2, 0) is 14.9 Å². The standard InChI is InChI=1S/C29H34N6O3S/c1-29(2,3)34-39(36,37)26-7-5-6-22(18-26)27-17-16-25-19-30-28(32-35(25)27)31-23-12-8-20(9-13-23)21-10-14-24(15-11-21)33-38-4/h5-9,12-13,16-19,21,34H,10-11,14-15H2,1-4H3,(H,31,32). The van der Waals surface area contributed by atoms with Gasteiger partial charge in [0.15, 0.2) is 0 Å². The van der Waals surface area contributed by atoms with E-state index in [-0.39, 0.29) is 4.90 Å². The van der Waals surface area contributed by atoms with Crippen LogP contribution in [0, 0.1) is 0 Å². The lowest BCUT2D eigenvalue weighted by Crippen LogP contribution is -2.40. The molecule has 1 fully saturated rings. The molecule has 0 bridgehead atoms. The fourth-order valence-electron chi connectivity index (χ4n) is 4.93. The molecule has 4 aromatic rings. The van der Waals surface area contributed by atoms with Gasteiger partial charge >= 0.3 is 0 Å². The molecular weight excluding hydrogens is 512 g/mol. The van der Waals surface area contributed by atoms with Crippen LogP contribution in [0.25, 0.3) is 16.8 Å². The van der Waals surface area contributed by atoms with E-state index < -0.39 is 15.6 Å². The zero-order valence-corrected chi connectivity index (χ0v) is 23.5. The Balaban J connectivity index is 1.35. The predicted octanol–water partition coefficient (Wildman–Crippen LogP) is 5.88. The second kappa shape index (κ2) is 10.8. The zero-order valence-electron chi connectivity index (χ0n) is 22.7. The number of nitrogens with one attached hydrogen (secondary N) is 2. The van der Waals surface area contributed by atoms with E-state index in [0.29, 0.717) is 11.9 Å². The van der Waals surface area contributed by atoms with Crippen molar-refractivity contribution in [1.29, 1.82) is 0 Å². The third kappa shape index (κ3) is 6.29. The Hall–Kier alpha value is -3.76. The molecule has 0 radical (unpaired) electrons. The van der Waals surface area contributed by atoms with Crippen LogP contribution in [0.3, 0.4) is 0 Å². The number of anilines is 2. The Bertz CT molecular complexity index is 1590. The number of fused-ring (bicyclic) bond motifs is 1. The summed E-state index contributed by atoms with van der Waals surface area (Å²) in [5.41, 5.74) is 5.09. The molecule has 204 valence electrons. The average molecular weight is 547 g/mol. The summed E-state index contributed by atoms with van der Waals surface area (Å²) in [5, 5.41) is 12.1. The van der Waals surface area contributed by atoms with Gasteiger partial charge < -0.3 is 10.2 Å². The molecule has 2 aromatic heterocycles. The molecule has 2 heterocycles. The SMILES string of the molecule is CON=C1CCC(c2ccc(Nc3ncc4ccc(-c5cccc(S(=O)(=O)NC(C)(C)C)c5)n4n3)cc2)CC1. The molecule has 0 spiro atoms. The monoisotopic (exact) mass is 546 g/mol. The summed E-state index contributed by atoms with van der Waals surface area (Å²) in [6, 6.07) is 19.1. The van der Waals surface area contributed by atoms with Crippen molar-refractivity contribution in [3.63, 3.8) is 0 Å². The van der Waals surface area contributed by atoms with Gasteiger partial charge in [-0.3, -0.25) is 0 Å². The van der Waals surface area contributed by atoms with E-state index in [1.165, 1.54) is 5.56 Å². The van der Waals surface area contributed by atoms with Crippen molar-refractivity contribution in [2.75, 3.05) is 12.4 Å². The van der Waals surface area contributed by atoms with Gasteiger partial charge in [0.25, 0.3) is 0 Å². The molecule has 2 N–H and O–H groups in total. The number of aromatic nitrogens is 3. The molecule has 0 saturated heterocycles. The molecule has 1 aliphatic rings. The van der Waals surface area contributed by atoms with E-state index in [1.54, 1.807) is 36.0 Å². The lowest BCUT2D eigenvalue weighted by molar-refractivity contribution is 0.210. The van der Waals surface area contributed by atoms with Gasteiger partial charge in [-0.05, 0) is 94.3 Å². The summed E-state index contributed by atoms with van der Waals surface area (Å²) < 4.78 is 30.3. The minimum Gasteiger partial charge on any atom is -0.399 e. The van der Waals surface area contributed by atoms with Crippen molar-refractivity contribution in [3.05, 3.63) is 72.4 Å². The first-order valence-corrected chi connectivity index (χ1v) is 14.5. The lowest BCUT2D eigenvalue weighted by atomic mass is 9.83. The molecule has 0 amide bonds. The van der Waals surface area contributed by atoms with Gasteiger partial charge in [-0.1, -0.05) is 29.4 Å². The topological polar surface area (TPSA) is 110 Å². The van der Waals surface area contributed by atoms with Crippen molar-refractivity contribution in [3.8, 4) is 11.3 Å². The van der Waals surface area contributed by atoms with Crippen molar-refractivity contribution < 1.29 is 13.3 Å². The molecule has 10 heteroatoms. The molecule has 9 nitrogen and oxygen atoms in total. The summed E-state index contributed by atoms with van der Waals surface area (Å²) in [6.07, 6.45) is 5.82. The first-order chi connectivity index (χ1) is 18.6. The summed E-state index contributed by atoms with van der Waals surface area (Å²) in [5.74, 6) is 0.965. The van der Waals surface area contributed by atoms with E-state index in [1.807, 2.05) is 39.0 Å². The molecular formula is C29H34N6O3S. The maximum absolute atomic E-state index is 12.9. The molecule has 0 unspecified atom stereocenters. The predicted molar refractivity (Wildman–Crippen MR) is 154 cm³/mol. The Morgan fingerprint density at radius 1 is 1.03 bits per heavy atom. The maximum Gasteiger partial charge on any atom is 0.245 e. The normalized spacial score (nSPS) is 16.3. The first kappa shape index (κ1) is 26.8. The number of benzene rings is 2. The fourth-order valence-corrected chi connectivity index (χ4v) is 6.40. The van der Waals surface area contributed by atoms with Gasteiger partial charge in [0.05, 0.1) is 28.0 Å². The van der Waals surface area contributed by atoms with Crippen molar-refractivity contribution in [2.45, 2.75) is 62.8 Å². The zero-order chi connectivity index (χ0) is 27.6. The third-order valence-electron chi connectivity index (χ3n) is 6.70. The molecule has 5 rings (SSSR count). The van der Waals surface area contributed by atoms with E-state index in [4.69, 9.17) is 9.94 Å². The van der Waals surface area contributed by atoms with E-state index in [9.17, 15) is 8.42 Å². The molecule has 0 aliphatic heterocycles. The van der Waals surface area contributed by atoms with Gasteiger partial charge in [-0.15, -0.1) is 5.10 Å². The smallest absolute Gasteiger partial charge is 0.245 e. The van der Waals surface area contributed by atoms with E-state index in [2.05, 4.69) is 44.4 Å². The highest BCUT2D eigenvalue weighted by molar-refractivity contribution is 7.89. The second-order valence-corrected chi connectivity index (χ2v) is 12.6. The minimum absolute atomic E-state index is 0.206. The molecule has 39 heavy (non-hydrogen) atoms. The highest BCUT2D eigenvalue weighted by atomic mass is 32.2. The minimum atomic E-state index is -3.67. The van der Waals surface area contributed by atoms with Crippen LogP contribution in [0.1, 0.15) is 57.9 Å². The number of hydrogen-bond donors (Lipinski definition) is 2. The van der Waals surface area contributed by atoms with Crippen LogP contribution in [-0.4, -0.2) is 41.4 Å². The van der Waals surface area contributed by atoms with Gasteiger partial charge in [0, 0.05) is 16.8 Å². The molecule has 1 aliphatic carbocycles. The van der Waals surface area contributed by atoms with Crippen LogP contribution in [0.15, 0.2) is 76.9 Å². The van der Waals surface area contributed by atoms with Crippen LogP contribution in [0.5, 0.6) is 0 Å². The third-order valence-corrected chi connectivity index (χ3v) is 8.46. The summed E-state index contributed by atoms with van der Waals surface area (Å²) in [6.45, 7) is 5.45. The van der Waals surface area contributed by atoms with Crippen LogP contribution >= 0.6 is 0 Å². The molecule has 2 aromatic carbocycles. The van der Waals surface area contributed by atoms with Gasteiger partial charge in [0.1, 0.15) is 7.11 Å². The first-order valence-electron chi connectivity index (χ1n) is 13.1. The number of rotatable bonds is 7. The fraction of sp³-hybridized carbons (Fsp3) is 0.345. The van der Waals surface area contributed by atoms with Crippen LogP contribution in [0.2, 0.25) is 0 Å². The highest BCUT2D eigenvalue weighted by Gasteiger charge is 2.23. The van der Waals surface area contributed by atoms with Crippen LogP contribution in [0.4, 0.5) is 11.6 Å². The van der Waals surface area contributed by atoms with Gasteiger partial charge in [-0.25, -0.2) is 22.6 Å². The lowest BCUT2D eigenvalue weighted by Gasteiger charge is -2.23. The number of nitrogens with zero attached hydrogens (tertiary/aromatic N) is 4. The van der Waals surface area contributed by atoms with Crippen molar-refractivity contribution in [2.24, 2.45) is 5.16 Å². The number of hydrogen-bond acceptors (Lipinski definition) is 7. The van der Waals surface area contributed by atoms with Gasteiger partial charge in [-0.2, -0.15) is 0 Å². The summed E-state index contributed by atoms with van der Waals surface area (Å²) in [7, 11) is -2.07. The Morgan fingerprint density at radius 2 is 1.77 bits per heavy atom. The quantitative estimate of drug-likeness (QED) is 0.280. The Labute approximate surface area is 229 Å². The van der Waals surface area contributed by atoms with Gasteiger partial charge in [0.2, 0.25) is 16.0 Å². The van der Waals surface area contributed by atoms with Crippen molar-refractivity contribution >= 4 is 32.9 Å². The molecule has 0 atom stereocenters. The maximum atomic E-state index is 12.9.